The molecule has 0 aliphatic carbocycles. The van der Waals surface area contributed by atoms with E-state index in [2.05, 4.69) is 5.32 Å². The van der Waals surface area contributed by atoms with Crippen molar-refractivity contribution in [2.45, 2.75) is 45.0 Å². The third-order valence-corrected chi connectivity index (χ3v) is 5.36. The van der Waals surface area contributed by atoms with E-state index in [0.717, 1.165) is 6.42 Å². The average Bonchev–Trinajstić information content (AvgIpc) is 2.14. The van der Waals surface area contributed by atoms with Crippen LogP contribution in [0.25, 0.3) is 0 Å². The SMILES string of the molecule is CCC(C)C(O)CNCC(C)(C)S(C)(=O)=O. The van der Waals surface area contributed by atoms with Crippen LogP contribution in [0.2, 0.25) is 0 Å². The molecule has 98 valence electrons. The monoisotopic (exact) mass is 251 g/mol. The fraction of sp³-hybridized carbons (Fsp3) is 1.00. The molecule has 0 aromatic carbocycles. The van der Waals surface area contributed by atoms with Gasteiger partial charge in [0.05, 0.1) is 10.9 Å². The highest BCUT2D eigenvalue weighted by Crippen LogP contribution is 2.13. The van der Waals surface area contributed by atoms with Crippen LogP contribution >= 0.6 is 0 Å². The van der Waals surface area contributed by atoms with E-state index < -0.39 is 20.7 Å². The molecule has 0 aliphatic heterocycles. The normalized spacial score (nSPS) is 17.1. The van der Waals surface area contributed by atoms with Crippen molar-refractivity contribution in [1.82, 2.24) is 5.32 Å². The summed E-state index contributed by atoms with van der Waals surface area (Å²) < 4.78 is 22.0. The molecule has 4 nitrogen and oxygen atoms in total. The van der Waals surface area contributed by atoms with E-state index >= 15 is 0 Å². The summed E-state index contributed by atoms with van der Waals surface area (Å²) >= 11 is 0. The van der Waals surface area contributed by atoms with E-state index in [4.69, 9.17) is 0 Å². The molecule has 0 bridgehead atoms. The molecular weight excluding hydrogens is 226 g/mol. The highest BCUT2D eigenvalue weighted by Gasteiger charge is 2.29. The molecule has 0 radical (unpaired) electrons. The van der Waals surface area contributed by atoms with Crippen molar-refractivity contribution >= 4 is 9.84 Å². The van der Waals surface area contributed by atoms with Crippen LogP contribution in [-0.4, -0.2) is 43.7 Å². The zero-order chi connectivity index (χ0) is 13.0. The third kappa shape index (κ3) is 4.80. The van der Waals surface area contributed by atoms with Crippen LogP contribution in [-0.2, 0) is 9.84 Å². The molecule has 2 unspecified atom stereocenters. The van der Waals surface area contributed by atoms with Gasteiger partial charge in [-0.25, -0.2) is 8.42 Å². The Morgan fingerprint density at radius 2 is 1.88 bits per heavy atom. The topological polar surface area (TPSA) is 66.4 Å². The van der Waals surface area contributed by atoms with Crippen LogP contribution in [0, 0.1) is 5.92 Å². The van der Waals surface area contributed by atoms with E-state index in [1.165, 1.54) is 6.26 Å². The predicted molar refractivity (Wildman–Crippen MR) is 67.3 cm³/mol. The van der Waals surface area contributed by atoms with E-state index in [1.54, 1.807) is 13.8 Å². The molecule has 0 saturated heterocycles. The minimum absolute atomic E-state index is 0.230. The molecule has 0 aromatic rings. The number of rotatable bonds is 7. The van der Waals surface area contributed by atoms with E-state index in [9.17, 15) is 13.5 Å². The molecular formula is C11H25NO3S. The minimum atomic E-state index is -3.07. The maximum atomic E-state index is 11.4. The molecule has 0 spiro atoms. The first-order chi connectivity index (χ1) is 7.12. The van der Waals surface area contributed by atoms with Crippen LogP contribution in [0.3, 0.4) is 0 Å². The molecule has 2 N–H and O–H groups in total. The molecule has 0 heterocycles. The first-order valence-corrected chi connectivity index (χ1v) is 7.59. The Morgan fingerprint density at radius 1 is 1.38 bits per heavy atom. The molecule has 0 saturated carbocycles. The number of nitrogens with one attached hydrogen (secondary N) is 1. The molecule has 0 fully saturated rings. The highest BCUT2D eigenvalue weighted by atomic mass is 32.2. The van der Waals surface area contributed by atoms with Gasteiger partial charge < -0.3 is 10.4 Å². The summed E-state index contributed by atoms with van der Waals surface area (Å²) in [6, 6.07) is 0. The average molecular weight is 251 g/mol. The number of aliphatic hydroxyl groups is 1. The molecule has 0 aliphatic rings. The fourth-order valence-corrected chi connectivity index (χ4v) is 1.49. The van der Waals surface area contributed by atoms with Gasteiger partial charge in [0.15, 0.2) is 9.84 Å². The molecule has 16 heavy (non-hydrogen) atoms. The van der Waals surface area contributed by atoms with Crippen molar-refractivity contribution in [3.63, 3.8) is 0 Å². The fourth-order valence-electron chi connectivity index (χ4n) is 1.13. The Balaban J connectivity index is 4.09. The summed E-state index contributed by atoms with van der Waals surface area (Å²) in [5.41, 5.74) is 0. The van der Waals surface area contributed by atoms with E-state index in [0.29, 0.717) is 13.1 Å². The molecule has 2 atom stereocenters. The number of sulfone groups is 1. The predicted octanol–water partition coefficient (Wildman–Crippen LogP) is 0.806. The lowest BCUT2D eigenvalue weighted by atomic mass is 10.0. The van der Waals surface area contributed by atoms with Crippen LogP contribution in [0.1, 0.15) is 34.1 Å². The first-order valence-electron chi connectivity index (χ1n) is 5.70. The summed E-state index contributed by atoms with van der Waals surface area (Å²) in [6.45, 7) is 8.17. The second-order valence-corrected chi connectivity index (χ2v) is 7.77. The van der Waals surface area contributed by atoms with Gasteiger partial charge in [-0.1, -0.05) is 20.3 Å². The quantitative estimate of drug-likeness (QED) is 0.702. The van der Waals surface area contributed by atoms with Crippen molar-refractivity contribution in [1.29, 1.82) is 0 Å². The molecule has 0 aromatic heterocycles. The van der Waals surface area contributed by atoms with Gasteiger partial charge in [-0.2, -0.15) is 0 Å². The van der Waals surface area contributed by atoms with Crippen LogP contribution < -0.4 is 5.32 Å². The Kier molecular flexibility index (Phi) is 5.93. The van der Waals surface area contributed by atoms with Crippen molar-refractivity contribution in [2.75, 3.05) is 19.3 Å². The van der Waals surface area contributed by atoms with Gasteiger partial charge in [0, 0.05) is 19.3 Å². The van der Waals surface area contributed by atoms with Gasteiger partial charge in [-0.15, -0.1) is 0 Å². The Morgan fingerprint density at radius 3 is 2.25 bits per heavy atom. The van der Waals surface area contributed by atoms with Crippen LogP contribution in [0.15, 0.2) is 0 Å². The van der Waals surface area contributed by atoms with Crippen LogP contribution in [0.5, 0.6) is 0 Å². The van der Waals surface area contributed by atoms with Gasteiger partial charge in [0.1, 0.15) is 0 Å². The summed E-state index contributed by atoms with van der Waals surface area (Å²) in [5, 5.41) is 12.7. The molecule has 5 heteroatoms. The number of hydrogen-bond acceptors (Lipinski definition) is 4. The first kappa shape index (κ1) is 15.9. The van der Waals surface area contributed by atoms with Crippen molar-refractivity contribution in [3.8, 4) is 0 Å². The summed E-state index contributed by atoms with van der Waals surface area (Å²) in [5.74, 6) is 0.230. The zero-order valence-corrected chi connectivity index (χ0v) is 11.8. The largest absolute Gasteiger partial charge is 0.392 e. The second kappa shape index (κ2) is 5.98. The number of hydrogen-bond donors (Lipinski definition) is 2. The maximum Gasteiger partial charge on any atom is 0.153 e. The minimum Gasteiger partial charge on any atom is -0.392 e. The maximum absolute atomic E-state index is 11.4. The van der Waals surface area contributed by atoms with E-state index in [-0.39, 0.29) is 5.92 Å². The Hall–Kier alpha value is -0.130. The lowest BCUT2D eigenvalue weighted by Crippen LogP contribution is -2.44. The molecule has 0 rings (SSSR count). The molecule has 0 amide bonds. The van der Waals surface area contributed by atoms with E-state index in [1.807, 2.05) is 13.8 Å². The van der Waals surface area contributed by atoms with Crippen molar-refractivity contribution < 1.29 is 13.5 Å². The van der Waals surface area contributed by atoms with Crippen molar-refractivity contribution in [2.24, 2.45) is 5.92 Å². The van der Waals surface area contributed by atoms with Crippen molar-refractivity contribution in [3.05, 3.63) is 0 Å². The zero-order valence-electron chi connectivity index (χ0n) is 10.9. The third-order valence-electron chi connectivity index (χ3n) is 3.21. The highest BCUT2D eigenvalue weighted by molar-refractivity contribution is 7.92. The van der Waals surface area contributed by atoms with Gasteiger partial charge in [0.25, 0.3) is 0 Å². The summed E-state index contributed by atoms with van der Waals surface area (Å²) in [7, 11) is -3.07. The smallest absolute Gasteiger partial charge is 0.153 e. The van der Waals surface area contributed by atoms with Gasteiger partial charge in [-0.3, -0.25) is 0 Å². The number of aliphatic hydroxyl groups excluding tert-OH is 1. The van der Waals surface area contributed by atoms with Gasteiger partial charge in [0.2, 0.25) is 0 Å². The Labute approximate surface area is 99.4 Å². The standard InChI is InChI=1S/C11H25NO3S/c1-6-9(2)10(13)7-12-8-11(3,4)16(5,14)15/h9-10,12-13H,6-8H2,1-5H3. The second-order valence-electron chi connectivity index (χ2n) is 5.12. The summed E-state index contributed by atoms with van der Waals surface area (Å²) in [4.78, 5) is 0. The van der Waals surface area contributed by atoms with Gasteiger partial charge >= 0.3 is 0 Å². The van der Waals surface area contributed by atoms with Crippen LogP contribution in [0.4, 0.5) is 0 Å². The summed E-state index contributed by atoms with van der Waals surface area (Å²) in [6.07, 6.45) is 1.73. The Bertz CT molecular complexity index is 298. The lowest BCUT2D eigenvalue weighted by molar-refractivity contribution is 0.112. The lowest BCUT2D eigenvalue weighted by Gasteiger charge is -2.25. The van der Waals surface area contributed by atoms with Gasteiger partial charge in [-0.05, 0) is 19.8 Å².